The zero-order valence-electron chi connectivity index (χ0n) is 11.2. The van der Waals surface area contributed by atoms with E-state index >= 15 is 0 Å². The van der Waals surface area contributed by atoms with E-state index < -0.39 is 42.3 Å². The summed E-state index contributed by atoms with van der Waals surface area (Å²) in [5.41, 5.74) is 0.0671. The summed E-state index contributed by atoms with van der Waals surface area (Å²) in [7, 11) is -7.84. The molecule has 0 aromatic heterocycles. The van der Waals surface area contributed by atoms with Crippen molar-refractivity contribution < 1.29 is 30.4 Å². The van der Waals surface area contributed by atoms with Crippen LogP contribution in [-0.4, -0.2) is 46.0 Å². The third kappa shape index (κ3) is 3.61. The second kappa shape index (κ2) is 5.92. The summed E-state index contributed by atoms with van der Waals surface area (Å²) in [6.45, 7) is 0. The minimum atomic E-state index is -4.70. The molecule has 0 spiro atoms. The van der Waals surface area contributed by atoms with Gasteiger partial charge in [-0.05, 0) is 30.7 Å². The number of halogens is 2. The Morgan fingerprint density at radius 2 is 1.82 bits per heavy atom. The predicted molar refractivity (Wildman–Crippen MR) is 74.2 cm³/mol. The standard InChI is InChI=1S/C12H13F2NO5S2/c13-12(14)22(19,20)10-3-1-8(2-4-10)11(16)15-9-5-6-21(17,18)7-9/h1-4,9,12H,5-7H2,(H,15,16). The Balaban J connectivity index is 2.09. The van der Waals surface area contributed by atoms with Crippen LogP contribution in [-0.2, 0) is 19.7 Å². The molecule has 1 N–H and O–H groups in total. The first-order valence-electron chi connectivity index (χ1n) is 6.25. The average molecular weight is 353 g/mol. The summed E-state index contributed by atoms with van der Waals surface area (Å²) in [6.07, 6.45) is 0.311. The van der Waals surface area contributed by atoms with Crippen molar-refractivity contribution in [3.63, 3.8) is 0 Å². The van der Waals surface area contributed by atoms with Gasteiger partial charge >= 0.3 is 5.76 Å². The zero-order valence-corrected chi connectivity index (χ0v) is 12.8. The lowest BCUT2D eigenvalue weighted by atomic mass is 10.2. The zero-order chi connectivity index (χ0) is 16.5. The maximum atomic E-state index is 12.4. The number of amides is 1. The predicted octanol–water partition coefficient (Wildman–Crippen LogP) is 0.600. The summed E-state index contributed by atoms with van der Waals surface area (Å²) < 4.78 is 69.8. The number of alkyl halides is 2. The van der Waals surface area contributed by atoms with Gasteiger partial charge in [0.15, 0.2) is 9.84 Å². The minimum absolute atomic E-state index is 0.00349. The smallest absolute Gasteiger partial charge is 0.341 e. The third-order valence-electron chi connectivity index (χ3n) is 3.25. The lowest BCUT2D eigenvalue weighted by Gasteiger charge is -2.11. The number of hydrogen-bond donors (Lipinski definition) is 1. The van der Waals surface area contributed by atoms with Crippen LogP contribution in [0.3, 0.4) is 0 Å². The highest BCUT2D eigenvalue weighted by molar-refractivity contribution is 7.92. The van der Waals surface area contributed by atoms with Gasteiger partial charge in [0, 0.05) is 11.6 Å². The molecule has 22 heavy (non-hydrogen) atoms. The molecule has 1 unspecified atom stereocenters. The van der Waals surface area contributed by atoms with E-state index in [9.17, 15) is 30.4 Å². The number of rotatable bonds is 4. The van der Waals surface area contributed by atoms with E-state index in [2.05, 4.69) is 5.32 Å². The molecule has 0 bridgehead atoms. The number of benzene rings is 1. The highest BCUT2D eigenvalue weighted by Gasteiger charge is 2.29. The molecule has 1 aromatic carbocycles. The molecule has 1 aliphatic heterocycles. The molecule has 122 valence electrons. The lowest BCUT2D eigenvalue weighted by molar-refractivity contribution is 0.0941. The largest absolute Gasteiger partial charge is 0.348 e. The molecule has 0 aliphatic carbocycles. The molecule has 1 amide bonds. The number of nitrogens with one attached hydrogen (secondary N) is 1. The molecule has 2 rings (SSSR count). The minimum Gasteiger partial charge on any atom is -0.348 e. The van der Waals surface area contributed by atoms with Crippen molar-refractivity contribution in [3.8, 4) is 0 Å². The van der Waals surface area contributed by atoms with Crippen molar-refractivity contribution in [3.05, 3.63) is 29.8 Å². The van der Waals surface area contributed by atoms with Gasteiger partial charge < -0.3 is 5.32 Å². The quantitative estimate of drug-likeness (QED) is 0.855. The molecule has 1 fully saturated rings. The van der Waals surface area contributed by atoms with Crippen molar-refractivity contribution in [2.75, 3.05) is 11.5 Å². The fourth-order valence-corrected chi connectivity index (χ4v) is 4.47. The van der Waals surface area contributed by atoms with E-state index in [-0.39, 0.29) is 17.1 Å². The topological polar surface area (TPSA) is 97.4 Å². The fourth-order valence-electron chi connectivity index (χ4n) is 2.08. The van der Waals surface area contributed by atoms with Gasteiger partial charge in [-0.1, -0.05) is 0 Å². The van der Waals surface area contributed by atoms with Crippen molar-refractivity contribution in [1.29, 1.82) is 0 Å². The van der Waals surface area contributed by atoms with Crippen LogP contribution in [0.25, 0.3) is 0 Å². The third-order valence-corrected chi connectivity index (χ3v) is 6.41. The number of carbonyl (C=O) groups is 1. The van der Waals surface area contributed by atoms with Gasteiger partial charge in [0.05, 0.1) is 16.4 Å². The van der Waals surface area contributed by atoms with Crippen molar-refractivity contribution >= 4 is 25.6 Å². The number of carbonyl (C=O) groups excluding carboxylic acids is 1. The molecule has 10 heteroatoms. The molecule has 1 atom stereocenters. The Labute approximate surface area is 126 Å². The second-order valence-corrected chi connectivity index (χ2v) is 9.05. The van der Waals surface area contributed by atoms with Gasteiger partial charge in [-0.15, -0.1) is 0 Å². The van der Waals surface area contributed by atoms with Gasteiger partial charge in [0.25, 0.3) is 5.91 Å². The maximum Gasteiger partial charge on any atom is 0.341 e. The number of sulfone groups is 2. The fraction of sp³-hybridized carbons (Fsp3) is 0.417. The highest BCUT2D eigenvalue weighted by Crippen LogP contribution is 2.19. The van der Waals surface area contributed by atoms with Crippen LogP contribution in [0.1, 0.15) is 16.8 Å². The van der Waals surface area contributed by atoms with Crippen LogP contribution in [0, 0.1) is 0 Å². The molecular weight excluding hydrogens is 340 g/mol. The molecule has 1 aliphatic rings. The van der Waals surface area contributed by atoms with E-state index in [0.29, 0.717) is 6.42 Å². The summed E-state index contributed by atoms with van der Waals surface area (Å²) in [6, 6.07) is 3.55. The van der Waals surface area contributed by atoms with Crippen LogP contribution >= 0.6 is 0 Å². The Morgan fingerprint density at radius 3 is 2.27 bits per heavy atom. The van der Waals surface area contributed by atoms with Crippen LogP contribution in [0.4, 0.5) is 8.78 Å². The molecular formula is C12H13F2NO5S2. The van der Waals surface area contributed by atoms with E-state index in [1.165, 1.54) is 0 Å². The van der Waals surface area contributed by atoms with Crippen LogP contribution in [0.5, 0.6) is 0 Å². The van der Waals surface area contributed by atoms with Gasteiger partial charge in [-0.2, -0.15) is 8.78 Å². The first-order chi connectivity index (χ1) is 10.1. The number of hydrogen-bond acceptors (Lipinski definition) is 5. The van der Waals surface area contributed by atoms with Crippen LogP contribution < -0.4 is 5.32 Å². The monoisotopic (exact) mass is 353 g/mol. The highest BCUT2D eigenvalue weighted by atomic mass is 32.2. The Morgan fingerprint density at radius 1 is 1.23 bits per heavy atom. The first kappa shape index (κ1) is 16.8. The summed E-state index contributed by atoms with van der Waals surface area (Å²) >= 11 is 0. The Bertz CT molecular complexity index is 772. The Hall–Kier alpha value is -1.55. The Kier molecular flexibility index (Phi) is 4.52. The lowest BCUT2D eigenvalue weighted by Crippen LogP contribution is -2.35. The molecule has 1 heterocycles. The average Bonchev–Trinajstić information content (AvgIpc) is 2.77. The summed E-state index contributed by atoms with van der Waals surface area (Å²) in [5, 5.41) is 2.52. The van der Waals surface area contributed by atoms with E-state index in [4.69, 9.17) is 0 Å². The summed E-state index contributed by atoms with van der Waals surface area (Å²) in [5.74, 6) is -4.25. The van der Waals surface area contributed by atoms with Gasteiger partial charge in [-0.25, -0.2) is 16.8 Å². The SMILES string of the molecule is O=C(NC1CCS(=O)(=O)C1)c1ccc(S(=O)(=O)C(F)F)cc1. The molecule has 1 aromatic rings. The van der Waals surface area contributed by atoms with Crippen molar-refractivity contribution in [2.24, 2.45) is 0 Å². The molecule has 1 saturated heterocycles. The molecule has 0 radical (unpaired) electrons. The first-order valence-corrected chi connectivity index (χ1v) is 9.62. The second-order valence-electron chi connectivity index (χ2n) is 4.90. The summed E-state index contributed by atoms with van der Waals surface area (Å²) in [4.78, 5) is 11.3. The van der Waals surface area contributed by atoms with Crippen molar-refractivity contribution in [1.82, 2.24) is 5.32 Å². The van der Waals surface area contributed by atoms with E-state index in [1.807, 2.05) is 0 Å². The molecule has 6 nitrogen and oxygen atoms in total. The van der Waals surface area contributed by atoms with E-state index in [0.717, 1.165) is 24.3 Å². The normalized spacial score (nSPS) is 21.0. The maximum absolute atomic E-state index is 12.4. The van der Waals surface area contributed by atoms with Gasteiger partial charge in [-0.3, -0.25) is 4.79 Å². The molecule has 0 saturated carbocycles. The van der Waals surface area contributed by atoms with Crippen molar-refractivity contribution in [2.45, 2.75) is 23.1 Å². The van der Waals surface area contributed by atoms with Gasteiger partial charge in [0.1, 0.15) is 0 Å². The van der Waals surface area contributed by atoms with Gasteiger partial charge in [0.2, 0.25) is 9.84 Å². The van der Waals surface area contributed by atoms with Crippen LogP contribution in [0.2, 0.25) is 0 Å². The van der Waals surface area contributed by atoms with Crippen LogP contribution in [0.15, 0.2) is 29.2 Å². The van der Waals surface area contributed by atoms with E-state index in [1.54, 1.807) is 0 Å².